The average molecular weight is 327 g/mol. The molecule has 1 aliphatic rings. The number of carbonyl (C=O) groups is 2. The van der Waals surface area contributed by atoms with Gasteiger partial charge in [0.25, 0.3) is 5.91 Å². The van der Waals surface area contributed by atoms with E-state index in [1.54, 1.807) is 42.3 Å². The maximum atomic E-state index is 13.4. The van der Waals surface area contributed by atoms with Crippen molar-refractivity contribution >= 4 is 11.7 Å². The van der Waals surface area contributed by atoms with Gasteiger partial charge in [0.1, 0.15) is 11.6 Å². The fraction of sp³-hybridized carbons (Fsp3) is 0.263. The van der Waals surface area contributed by atoms with E-state index in [1.165, 1.54) is 18.2 Å². The van der Waals surface area contributed by atoms with Crippen molar-refractivity contribution in [3.05, 3.63) is 65.5 Å². The van der Waals surface area contributed by atoms with Crippen LogP contribution in [0.3, 0.4) is 0 Å². The molecule has 0 radical (unpaired) electrons. The second-order valence-corrected chi connectivity index (χ2v) is 5.76. The van der Waals surface area contributed by atoms with E-state index in [2.05, 4.69) is 0 Å². The molecule has 1 atom stereocenters. The Balaban J connectivity index is 1.81. The maximum Gasteiger partial charge on any atom is 0.254 e. The van der Waals surface area contributed by atoms with Crippen LogP contribution in [0.2, 0.25) is 0 Å². The molecule has 1 unspecified atom stereocenters. The van der Waals surface area contributed by atoms with Gasteiger partial charge >= 0.3 is 0 Å². The molecule has 0 aliphatic carbocycles. The highest BCUT2D eigenvalue weighted by Crippen LogP contribution is 2.24. The molecule has 0 aromatic heterocycles. The first kappa shape index (κ1) is 16.2. The fourth-order valence-corrected chi connectivity index (χ4v) is 3.02. The van der Waals surface area contributed by atoms with Gasteiger partial charge in [0.2, 0.25) is 0 Å². The Morgan fingerprint density at radius 3 is 2.54 bits per heavy atom. The molecule has 1 fully saturated rings. The zero-order chi connectivity index (χ0) is 17.1. The number of benzene rings is 2. The Bertz CT molecular complexity index is 757. The summed E-state index contributed by atoms with van der Waals surface area (Å²) in [4.78, 5) is 26.9. The van der Waals surface area contributed by atoms with Crippen molar-refractivity contribution in [1.82, 2.24) is 4.90 Å². The summed E-state index contributed by atoms with van der Waals surface area (Å²) in [6.45, 7) is 0.502. The smallest absolute Gasteiger partial charge is 0.254 e. The third-order valence-electron chi connectivity index (χ3n) is 4.26. The SMILES string of the molecule is COc1ccc(C(=O)C2CCCN2C(=O)c2cccc(F)c2)cc1. The molecule has 0 saturated carbocycles. The van der Waals surface area contributed by atoms with Crippen molar-refractivity contribution in [2.45, 2.75) is 18.9 Å². The van der Waals surface area contributed by atoms with Crippen molar-refractivity contribution < 1.29 is 18.7 Å². The van der Waals surface area contributed by atoms with Crippen molar-refractivity contribution in [2.24, 2.45) is 0 Å². The van der Waals surface area contributed by atoms with Gasteiger partial charge in [0, 0.05) is 17.7 Å². The lowest BCUT2D eigenvalue weighted by molar-refractivity contribution is 0.0671. The van der Waals surface area contributed by atoms with E-state index in [9.17, 15) is 14.0 Å². The molecule has 1 saturated heterocycles. The van der Waals surface area contributed by atoms with Crippen LogP contribution in [0.1, 0.15) is 33.6 Å². The minimum Gasteiger partial charge on any atom is -0.497 e. The lowest BCUT2D eigenvalue weighted by Gasteiger charge is -2.24. The number of nitrogens with zero attached hydrogens (tertiary/aromatic N) is 1. The Morgan fingerprint density at radius 2 is 1.88 bits per heavy atom. The van der Waals surface area contributed by atoms with Gasteiger partial charge in [0.15, 0.2) is 5.78 Å². The number of ether oxygens (including phenoxy) is 1. The van der Waals surface area contributed by atoms with Gasteiger partial charge in [-0.25, -0.2) is 4.39 Å². The number of methoxy groups -OCH3 is 1. The lowest BCUT2D eigenvalue weighted by Crippen LogP contribution is -2.40. The third-order valence-corrected chi connectivity index (χ3v) is 4.26. The number of halogens is 1. The molecule has 5 heteroatoms. The second-order valence-electron chi connectivity index (χ2n) is 5.76. The molecule has 3 rings (SSSR count). The fourth-order valence-electron chi connectivity index (χ4n) is 3.02. The number of likely N-dealkylation sites (tertiary alicyclic amines) is 1. The highest BCUT2D eigenvalue weighted by atomic mass is 19.1. The van der Waals surface area contributed by atoms with Crippen molar-refractivity contribution in [1.29, 1.82) is 0 Å². The summed E-state index contributed by atoms with van der Waals surface area (Å²) >= 11 is 0. The molecule has 1 amide bonds. The summed E-state index contributed by atoms with van der Waals surface area (Å²) in [6.07, 6.45) is 1.37. The molecule has 2 aromatic carbocycles. The van der Waals surface area contributed by atoms with Crippen molar-refractivity contribution in [3.8, 4) is 5.75 Å². The molecule has 0 N–H and O–H groups in total. The van der Waals surface area contributed by atoms with Crippen LogP contribution in [0.4, 0.5) is 4.39 Å². The van der Waals surface area contributed by atoms with Crippen LogP contribution in [0.15, 0.2) is 48.5 Å². The molecule has 0 spiro atoms. The van der Waals surface area contributed by atoms with E-state index >= 15 is 0 Å². The van der Waals surface area contributed by atoms with Crippen LogP contribution in [0.5, 0.6) is 5.75 Å². The molecule has 124 valence electrons. The van der Waals surface area contributed by atoms with Crippen molar-refractivity contribution in [3.63, 3.8) is 0 Å². The zero-order valence-corrected chi connectivity index (χ0v) is 13.4. The van der Waals surface area contributed by atoms with E-state index in [0.29, 0.717) is 24.3 Å². The number of hydrogen-bond donors (Lipinski definition) is 0. The Hall–Kier alpha value is -2.69. The molecule has 0 bridgehead atoms. The lowest BCUT2D eigenvalue weighted by atomic mass is 10.0. The van der Waals surface area contributed by atoms with Gasteiger partial charge in [0.05, 0.1) is 13.2 Å². The van der Waals surface area contributed by atoms with E-state index in [-0.39, 0.29) is 17.3 Å². The van der Waals surface area contributed by atoms with Gasteiger partial charge in [-0.2, -0.15) is 0 Å². The molecule has 2 aromatic rings. The Morgan fingerprint density at radius 1 is 1.12 bits per heavy atom. The summed E-state index contributed by atoms with van der Waals surface area (Å²) < 4.78 is 18.4. The maximum absolute atomic E-state index is 13.4. The molecule has 24 heavy (non-hydrogen) atoms. The number of ketones is 1. The van der Waals surface area contributed by atoms with E-state index in [4.69, 9.17) is 4.74 Å². The van der Waals surface area contributed by atoms with Crippen LogP contribution in [-0.4, -0.2) is 36.3 Å². The number of amides is 1. The van der Waals surface area contributed by atoms with Gasteiger partial charge in [-0.15, -0.1) is 0 Å². The van der Waals surface area contributed by atoms with E-state index < -0.39 is 11.9 Å². The van der Waals surface area contributed by atoms with Crippen LogP contribution < -0.4 is 4.74 Å². The standard InChI is InChI=1S/C19H18FNO3/c1-24-16-9-7-13(8-10-16)18(22)17-6-3-11-21(17)19(23)14-4-2-5-15(20)12-14/h2,4-5,7-10,12,17H,3,6,11H2,1H3. The summed E-state index contributed by atoms with van der Waals surface area (Å²) in [6, 6.07) is 11.9. The normalized spacial score (nSPS) is 16.9. The predicted octanol–water partition coefficient (Wildman–Crippen LogP) is 3.32. The summed E-state index contributed by atoms with van der Waals surface area (Å²) in [5.41, 5.74) is 0.809. The topological polar surface area (TPSA) is 46.6 Å². The molecular weight excluding hydrogens is 309 g/mol. The van der Waals surface area contributed by atoms with E-state index in [0.717, 1.165) is 6.42 Å². The largest absolute Gasteiger partial charge is 0.497 e. The number of carbonyl (C=O) groups excluding carboxylic acids is 2. The minimum absolute atomic E-state index is 0.0973. The average Bonchev–Trinajstić information content (AvgIpc) is 3.10. The van der Waals surface area contributed by atoms with Gasteiger partial charge in [-0.1, -0.05) is 6.07 Å². The first-order valence-corrected chi connectivity index (χ1v) is 7.85. The Labute approximate surface area is 139 Å². The van der Waals surface area contributed by atoms with Crippen LogP contribution >= 0.6 is 0 Å². The quantitative estimate of drug-likeness (QED) is 0.809. The van der Waals surface area contributed by atoms with Gasteiger partial charge in [-0.3, -0.25) is 9.59 Å². The molecule has 1 aliphatic heterocycles. The van der Waals surface area contributed by atoms with Gasteiger partial charge < -0.3 is 9.64 Å². The first-order valence-electron chi connectivity index (χ1n) is 7.85. The van der Waals surface area contributed by atoms with Crippen molar-refractivity contribution in [2.75, 3.05) is 13.7 Å². The molecular formula is C19H18FNO3. The summed E-state index contributed by atoms with van der Waals surface area (Å²) in [5, 5.41) is 0. The number of hydrogen-bond acceptors (Lipinski definition) is 3. The first-order chi connectivity index (χ1) is 11.6. The second kappa shape index (κ2) is 6.83. The van der Waals surface area contributed by atoms with Crippen LogP contribution in [0.25, 0.3) is 0 Å². The summed E-state index contributed by atoms with van der Waals surface area (Å²) in [7, 11) is 1.56. The Kier molecular flexibility index (Phi) is 4.60. The number of rotatable bonds is 4. The molecule has 4 nitrogen and oxygen atoms in total. The zero-order valence-electron chi connectivity index (χ0n) is 13.4. The molecule has 1 heterocycles. The minimum atomic E-state index is -0.505. The highest BCUT2D eigenvalue weighted by Gasteiger charge is 2.35. The van der Waals surface area contributed by atoms with E-state index in [1.807, 2.05) is 0 Å². The van der Waals surface area contributed by atoms with Crippen LogP contribution in [-0.2, 0) is 0 Å². The van der Waals surface area contributed by atoms with Gasteiger partial charge in [-0.05, 0) is 55.3 Å². The van der Waals surface area contributed by atoms with Crippen LogP contribution in [0, 0.1) is 5.82 Å². The number of Topliss-reactive ketones (excluding diaryl/α,β-unsaturated/α-hetero) is 1. The predicted molar refractivity (Wildman–Crippen MR) is 87.8 cm³/mol. The highest BCUT2D eigenvalue weighted by molar-refractivity contribution is 6.04. The monoisotopic (exact) mass is 327 g/mol. The third kappa shape index (κ3) is 3.15. The summed E-state index contributed by atoms with van der Waals surface area (Å²) in [5.74, 6) is -0.192.